The summed E-state index contributed by atoms with van der Waals surface area (Å²) in [6, 6.07) is 18.5. The molecule has 1 amide bonds. The highest BCUT2D eigenvalue weighted by Gasteiger charge is 2.18. The number of rotatable bonds is 7. The van der Waals surface area contributed by atoms with Gasteiger partial charge in [0.15, 0.2) is 0 Å². The smallest absolute Gasteiger partial charge is 0.316 e. The van der Waals surface area contributed by atoms with Crippen LogP contribution in [0.2, 0.25) is 0 Å². The number of benzene rings is 2. The minimum Gasteiger partial charge on any atom is -0.370 e. The third kappa shape index (κ3) is 4.90. The summed E-state index contributed by atoms with van der Waals surface area (Å²) in [4.78, 5) is 24.9. The van der Waals surface area contributed by atoms with Crippen LogP contribution in [0.15, 0.2) is 65.3 Å². The molecular formula is C25H28N6O2. The van der Waals surface area contributed by atoms with E-state index >= 15 is 0 Å². The second kappa shape index (κ2) is 9.87. The molecule has 8 nitrogen and oxygen atoms in total. The number of nitrogens with zero attached hydrogens (tertiary/aromatic N) is 4. The van der Waals surface area contributed by atoms with Crippen molar-refractivity contribution in [3.8, 4) is 11.4 Å². The number of nitrogens with one attached hydrogen (secondary N) is 2. The lowest BCUT2D eigenvalue weighted by Crippen LogP contribution is -2.33. The van der Waals surface area contributed by atoms with E-state index in [0.717, 1.165) is 62.0 Å². The lowest BCUT2D eigenvalue weighted by molar-refractivity contribution is 0.0908. The van der Waals surface area contributed by atoms with Crippen molar-refractivity contribution >= 4 is 22.5 Å². The van der Waals surface area contributed by atoms with E-state index in [4.69, 9.17) is 4.52 Å². The minimum atomic E-state index is -0.334. The predicted molar refractivity (Wildman–Crippen MR) is 128 cm³/mol. The lowest BCUT2D eigenvalue weighted by atomic mass is 10.2. The monoisotopic (exact) mass is 444 g/mol. The van der Waals surface area contributed by atoms with Crippen molar-refractivity contribution in [3.05, 3.63) is 66.7 Å². The SMILES string of the molecule is O=C(NCCCN1CCCN(c2ccccc2)CC1)c1nc(-c2c[nH]c3ccccc23)no1. The van der Waals surface area contributed by atoms with Gasteiger partial charge in [0, 0.05) is 54.5 Å². The third-order valence-electron chi connectivity index (χ3n) is 6.10. The van der Waals surface area contributed by atoms with Gasteiger partial charge in [-0.25, -0.2) is 0 Å². The van der Waals surface area contributed by atoms with E-state index in [1.54, 1.807) is 0 Å². The summed E-state index contributed by atoms with van der Waals surface area (Å²) in [7, 11) is 0. The molecule has 2 N–H and O–H groups in total. The first-order chi connectivity index (χ1) is 16.3. The molecule has 0 bridgehead atoms. The van der Waals surface area contributed by atoms with Crippen LogP contribution in [0, 0.1) is 0 Å². The molecule has 1 aliphatic heterocycles. The molecule has 0 saturated carbocycles. The summed E-state index contributed by atoms with van der Waals surface area (Å²) in [5.41, 5.74) is 3.10. The van der Waals surface area contributed by atoms with Crippen LogP contribution in [0.4, 0.5) is 5.69 Å². The number of aromatic amines is 1. The molecule has 5 rings (SSSR count). The summed E-state index contributed by atoms with van der Waals surface area (Å²) in [5, 5.41) is 7.89. The van der Waals surface area contributed by atoms with Crippen LogP contribution in [0.25, 0.3) is 22.3 Å². The topological polar surface area (TPSA) is 90.3 Å². The van der Waals surface area contributed by atoms with Crippen LogP contribution in [0.5, 0.6) is 0 Å². The number of fused-ring (bicyclic) bond motifs is 1. The number of anilines is 1. The Morgan fingerprint density at radius 1 is 1.03 bits per heavy atom. The maximum Gasteiger partial charge on any atom is 0.316 e. The number of H-pyrrole nitrogens is 1. The van der Waals surface area contributed by atoms with Crippen LogP contribution in [-0.4, -0.2) is 65.2 Å². The quantitative estimate of drug-likeness (QED) is 0.424. The molecule has 8 heteroatoms. The van der Waals surface area contributed by atoms with Crippen molar-refractivity contribution in [2.45, 2.75) is 12.8 Å². The summed E-state index contributed by atoms with van der Waals surface area (Å²) >= 11 is 0. The van der Waals surface area contributed by atoms with Gasteiger partial charge in [0.2, 0.25) is 5.82 Å². The van der Waals surface area contributed by atoms with Crippen molar-refractivity contribution in [1.82, 2.24) is 25.3 Å². The third-order valence-corrected chi connectivity index (χ3v) is 6.10. The molecule has 0 radical (unpaired) electrons. The Morgan fingerprint density at radius 3 is 2.79 bits per heavy atom. The molecule has 0 unspecified atom stereocenters. The van der Waals surface area contributed by atoms with Gasteiger partial charge in [0.25, 0.3) is 0 Å². The van der Waals surface area contributed by atoms with Gasteiger partial charge in [-0.05, 0) is 44.1 Å². The molecule has 4 aromatic rings. The maximum absolute atomic E-state index is 12.5. The molecule has 1 saturated heterocycles. The lowest BCUT2D eigenvalue weighted by Gasteiger charge is -2.23. The zero-order valence-corrected chi connectivity index (χ0v) is 18.5. The largest absolute Gasteiger partial charge is 0.370 e. The van der Waals surface area contributed by atoms with Gasteiger partial charge >= 0.3 is 11.8 Å². The Hall–Kier alpha value is -3.65. The number of hydrogen-bond donors (Lipinski definition) is 2. The Kier molecular flexibility index (Phi) is 6.34. The van der Waals surface area contributed by atoms with E-state index in [1.807, 2.05) is 30.5 Å². The summed E-state index contributed by atoms with van der Waals surface area (Å²) in [5.74, 6) is 0.0633. The Balaban J connectivity index is 1.09. The summed E-state index contributed by atoms with van der Waals surface area (Å²) in [6.07, 6.45) is 3.84. The second-order valence-electron chi connectivity index (χ2n) is 8.30. The Bertz CT molecular complexity index is 1200. The fourth-order valence-corrected chi connectivity index (χ4v) is 4.35. The molecule has 1 fully saturated rings. The molecule has 2 aromatic carbocycles. The first-order valence-electron chi connectivity index (χ1n) is 11.5. The average Bonchev–Trinajstić information content (AvgIpc) is 3.44. The molecule has 3 heterocycles. The predicted octanol–water partition coefficient (Wildman–Crippen LogP) is 3.55. The van der Waals surface area contributed by atoms with Gasteiger partial charge in [-0.1, -0.05) is 41.6 Å². The van der Waals surface area contributed by atoms with E-state index in [9.17, 15) is 4.79 Å². The number of aromatic nitrogens is 3. The Labute approximate surface area is 192 Å². The highest BCUT2D eigenvalue weighted by Crippen LogP contribution is 2.26. The van der Waals surface area contributed by atoms with E-state index in [1.165, 1.54) is 5.69 Å². The van der Waals surface area contributed by atoms with Crippen LogP contribution < -0.4 is 10.2 Å². The highest BCUT2D eigenvalue weighted by atomic mass is 16.5. The summed E-state index contributed by atoms with van der Waals surface area (Å²) in [6.45, 7) is 5.73. The van der Waals surface area contributed by atoms with Crippen molar-refractivity contribution in [2.75, 3.05) is 44.2 Å². The molecule has 170 valence electrons. The molecular weight excluding hydrogens is 416 g/mol. The zero-order chi connectivity index (χ0) is 22.5. The van der Waals surface area contributed by atoms with Gasteiger partial charge in [0.1, 0.15) is 0 Å². The van der Waals surface area contributed by atoms with Gasteiger partial charge < -0.3 is 24.6 Å². The van der Waals surface area contributed by atoms with Crippen molar-refractivity contribution in [3.63, 3.8) is 0 Å². The van der Waals surface area contributed by atoms with Gasteiger partial charge in [-0.2, -0.15) is 4.98 Å². The molecule has 0 aliphatic carbocycles. The van der Waals surface area contributed by atoms with Gasteiger partial charge in [-0.15, -0.1) is 0 Å². The number of carbonyl (C=O) groups excluding carboxylic acids is 1. The van der Waals surface area contributed by atoms with Crippen molar-refractivity contribution < 1.29 is 9.32 Å². The number of hydrogen-bond acceptors (Lipinski definition) is 6. The van der Waals surface area contributed by atoms with Crippen LogP contribution >= 0.6 is 0 Å². The molecule has 1 aliphatic rings. The van der Waals surface area contributed by atoms with Crippen molar-refractivity contribution in [2.24, 2.45) is 0 Å². The maximum atomic E-state index is 12.5. The number of para-hydroxylation sites is 2. The fraction of sp³-hybridized carbons (Fsp3) is 0.320. The summed E-state index contributed by atoms with van der Waals surface area (Å²) < 4.78 is 5.21. The molecule has 0 spiro atoms. The number of amides is 1. The number of carbonyl (C=O) groups is 1. The van der Waals surface area contributed by atoms with Crippen LogP contribution in [0.3, 0.4) is 0 Å². The van der Waals surface area contributed by atoms with Crippen LogP contribution in [0.1, 0.15) is 23.5 Å². The van der Waals surface area contributed by atoms with Crippen LogP contribution in [-0.2, 0) is 0 Å². The van der Waals surface area contributed by atoms with E-state index in [2.05, 4.69) is 60.6 Å². The highest BCUT2D eigenvalue weighted by molar-refractivity contribution is 5.94. The van der Waals surface area contributed by atoms with Gasteiger partial charge in [0.05, 0.1) is 0 Å². The normalized spacial score (nSPS) is 15.0. The van der Waals surface area contributed by atoms with Crippen molar-refractivity contribution in [1.29, 1.82) is 0 Å². The minimum absolute atomic E-state index is 0.0106. The first kappa shape index (κ1) is 21.2. The first-order valence-corrected chi connectivity index (χ1v) is 11.5. The fourth-order valence-electron chi connectivity index (χ4n) is 4.35. The van der Waals surface area contributed by atoms with E-state index in [-0.39, 0.29) is 11.8 Å². The zero-order valence-electron chi connectivity index (χ0n) is 18.5. The molecule has 0 atom stereocenters. The standard InChI is InChI=1S/C25H28N6O2/c32-24(25-28-23(29-33-25)21-18-27-22-11-5-4-10-20(21)22)26-12-6-13-30-14-7-15-31(17-16-30)19-8-2-1-3-9-19/h1-5,8-11,18,27H,6-7,12-17H2,(H,26,32). The van der Waals surface area contributed by atoms with E-state index in [0.29, 0.717) is 12.4 Å². The van der Waals surface area contributed by atoms with E-state index < -0.39 is 0 Å². The Morgan fingerprint density at radius 2 is 1.88 bits per heavy atom. The second-order valence-corrected chi connectivity index (χ2v) is 8.30. The molecule has 2 aromatic heterocycles. The molecule has 33 heavy (non-hydrogen) atoms. The average molecular weight is 445 g/mol. The van der Waals surface area contributed by atoms with Gasteiger partial charge in [-0.3, -0.25) is 4.79 Å².